The third-order valence-electron chi connectivity index (χ3n) is 5.32. The van der Waals surface area contributed by atoms with Gasteiger partial charge < -0.3 is 15.0 Å². The highest BCUT2D eigenvalue weighted by molar-refractivity contribution is 14.0. The molecule has 1 aromatic carbocycles. The Balaban J connectivity index is 0.00000261. The van der Waals surface area contributed by atoms with Crippen molar-refractivity contribution in [2.24, 2.45) is 10.9 Å². The molecule has 1 fully saturated rings. The number of rotatable bonds is 5. The number of halogens is 1. The topological polar surface area (TPSA) is 53.9 Å². The summed E-state index contributed by atoms with van der Waals surface area (Å²) in [6.45, 7) is 7.66. The first-order valence-corrected chi connectivity index (χ1v) is 10.0. The molecule has 27 heavy (non-hydrogen) atoms. The first-order chi connectivity index (χ1) is 12.7. The molecule has 1 aromatic rings. The predicted molar refractivity (Wildman–Crippen MR) is 120 cm³/mol. The van der Waals surface area contributed by atoms with Gasteiger partial charge in [0.15, 0.2) is 5.96 Å². The summed E-state index contributed by atoms with van der Waals surface area (Å²) in [5.74, 6) is 0.938. The Morgan fingerprint density at radius 3 is 2.67 bits per heavy atom. The van der Waals surface area contributed by atoms with Gasteiger partial charge >= 0.3 is 5.97 Å². The molecule has 0 unspecified atom stereocenters. The van der Waals surface area contributed by atoms with Crippen LogP contribution in [0.15, 0.2) is 23.2 Å². The van der Waals surface area contributed by atoms with Crippen molar-refractivity contribution in [2.45, 2.75) is 52.5 Å². The molecular weight excluding hydrogens is 453 g/mol. The number of aryl methyl sites for hydroxylation is 2. The van der Waals surface area contributed by atoms with E-state index in [1.54, 1.807) is 0 Å². The van der Waals surface area contributed by atoms with E-state index in [2.05, 4.69) is 35.3 Å². The van der Waals surface area contributed by atoms with Crippen LogP contribution in [0.3, 0.4) is 0 Å². The number of hydrogen-bond acceptors (Lipinski definition) is 3. The van der Waals surface area contributed by atoms with Gasteiger partial charge in [-0.05, 0) is 62.6 Å². The molecule has 1 N–H and O–H groups in total. The summed E-state index contributed by atoms with van der Waals surface area (Å²) >= 11 is 0. The quantitative estimate of drug-likeness (QED) is 0.300. The normalized spacial score (nSPS) is 17.3. The van der Waals surface area contributed by atoms with E-state index in [4.69, 9.17) is 9.73 Å². The van der Waals surface area contributed by atoms with Crippen molar-refractivity contribution in [1.82, 2.24) is 10.2 Å². The largest absolute Gasteiger partial charge is 0.466 e. The number of ether oxygens (including phenoxy) is 1. The van der Waals surface area contributed by atoms with Crippen molar-refractivity contribution in [3.8, 4) is 0 Å². The van der Waals surface area contributed by atoms with Crippen LogP contribution in [0.5, 0.6) is 0 Å². The smallest absolute Gasteiger partial charge is 0.309 e. The van der Waals surface area contributed by atoms with Crippen molar-refractivity contribution in [3.05, 3.63) is 34.9 Å². The molecule has 2 aliphatic rings. The lowest BCUT2D eigenvalue weighted by molar-refractivity contribution is -0.149. The van der Waals surface area contributed by atoms with Crippen molar-refractivity contribution in [2.75, 3.05) is 26.2 Å². The summed E-state index contributed by atoms with van der Waals surface area (Å²) in [7, 11) is 0. The molecular formula is C21H32IN3O2. The van der Waals surface area contributed by atoms with Crippen molar-refractivity contribution < 1.29 is 9.53 Å². The van der Waals surface area contributed by atoms with Gasteiger partial charge in [-0.15, -0.1) is 24.0 Å². The highest BCUT2D eigenvalue weighted by Crippen LogP contribution is 2.23. The fourth-order valence-electron chi connectivity index (χ4n) is 3.90. The zero-order chi connectivity index (χ0) is 18.4. The number of guanidine groups is 1. The molecule has 5 nitrogen and oxygen atoms in total. The molecule has 0 radical (unpaired) electrons. The molecule has 0 atom stereocenters. The maximum Gasteiger partial charge on any atom is 0.309 e. The van der Waals surface area contributed by atoms with Gasteiger partial charge in [-0.1, -0.05) is 18.2 Å². The lowest BCUT2D eigenvalue weighted by Crippen LogP contribution is -2.46. The first kappa shape index (κ1) is 22.0. The van der Waals surface area contributed by atoms with E-state index in [9.17, 15) is 4.79 Å². The summed E-state index contributed by atoms with van der Waals surface area (Å²) < 4.78 is 5.16. The summed E-state index contributed by atoms with van der Waals surface area (Å²) in [6.07, 6.45) is 5.37. The highest BCUT2D eigenvalue weighted by Gasteiger charge is 2.27. The number of hydrogen-bond donors (Lipinski definition) is 1. The molecule has 1 saturated heterocycles. The average Bonchev–Trinajstić information content (AvgIpc) is 3.13. The number of carbonyl (C=O) groups is 1. The van der Waals surface area contributed by atoms with Gasteiger partial charge in [0.2, 0.25) is 0 Å². The average molecular weight is 485 g/mol. The van der Waals surface area contributed by atoms with Crippen LogP contribution in [0.2, 0.25) is 0 Å². The Morgan fingerprint density at radius 1 is 1.22 bits per heavy atom. The molecule has 1 heterocycles. The fourth-order valence-corrected chi connectivity index (χ4v) is 3.90. The second-order valence-corrected chi connectivity index (χ2v) is 7.14. The van der Waals surface area contributed by atoms with Crippen LogP contribution < -0.4 is 5.32 Å². The maximum absolute atomic E-state index is 11.9. The van der Waals surface area contributed by atoms with Crippen LogP contribution in [-0.4, -0.2) is 43.1 Å². The molecule has 6 heteroatoms. The monoisotopic (exact) mass is 485 g/mol. The van der Waals surface area contributed by atoms with Crippen molar-refractivity contribution >= 4 is 35.9 Å². The number of benzene rings is 1. The number of fused-ring (bicyclic) bond motifs is 1. The lowest BCUT2D eigenvalue weighted by atomic mass is 9.97. The van der Waals surface area contributed by atoms with Gasteiger partial charge in [-0.3, -0.25) is 4.79 Å². The minimum Gasteiger partial charge on any atom is -0.466 e. The zero-order valence-corrected chi connectivity index (χ0v) is 18.8. The van der Waals surface area contributed by atoms with Crippen LogP contribution in [-0.2, 0) is 28.9 Å². The SMILES string of the molecule is CCNC(=NCc1ccc2c(c1)CCC2)N1CCC(C(=O)OCC)CC1.I. The summed E-state index contributed by atoms with van der Waals surface area (Å²) in [5, 5.41) is 3.40. The first-order valence-electron chi connectivity index (χ1n) is 10.0. The number of aliphatic imine (C=N–C) groups is 1. The molecule has 0 bridgehead atoms. The highest BCUT2D eigenvalue weighted by atomic mass is 127. The molecule has 0 spiro atoms. The molecule has 150 valence electrons. The molecule has 3 rings (SSSR count). The Hall–Kier alpha value is -1.31. The van der Waals surface area contributed by atoms with Gasteiger partial charge in [0.25, 0.3) is 0 Å². The third kappa shape index (κ3) is 5.83. The molecule has 1 aliphatic heterocycles. The third-order valence-corrected chi connectivity index (χ3v) is 5.32. The van der Waals surface area contributed by atoms with E-state index < -0.39 is 0 Å². The van der Waals surface area contributed by atoms with Gasteiger partial charge in [-0.2, -0.15) is 0 Å². The minimum atomic E-state index is -0.0489. The molecule has 0 aromatic heterocycles. The Kier molecular flexibility index (Phi) is 8.86. The van der Waals surface area contributed by atoms with E-state index in [0.29, 0.717) is 13.2 Å². The number of esters is 1. The van der Waals surface area contributed by atoms with Gasteiger partial charge in [0, 0.05) is 19.6 Å². The number of nitrogens with zero attached hydrogens (tertiary/aromatic N) is 2. The van der Waals surface area contributed by atoms with Crippen LogP contribution in [0, 0.1) is 5.92 Å². The summed E-state index contributed by atoms with van der Waals surface area (Å²) in [6, 6.07) is 6.80. The van der Waals surface area contributed by atoms with Gasteiger partial charge in [0.05, 0.1) is 19.1 Å². The summed E-state index contributed by atoms with van der Waals surface area (Å²) in [5.41, 5.74) is 4.28. The van der Waals surface area contributed by atoms with E-state index in [1.165, 1.54) is 36.0 Å². The zero-order valence-electron chi connectivity index (χ0n) is 16.5. The number of nitrogens with one attached hydrogen (secondary N) is 1. The van der Waals surface area contributed by atoms with Gasteiger partial charge in [-0.25, -0.2) is 4.99 Å². The standard InChI is InChI=1S/C21H31N3O2.HI/c1-3-22-21(24-12-10-18(11-13-24)20(25)26-4-2)23-15-16-8-9-17-6-5-7-19(17)14-16;/h8-9,14,18H,3-7,10-13,15H2,1-2H3,(H,22,23);1H. The molecule has 0 amide bonds. The second kappa shape index (κ2) is 10.9. The van der Waals surface area contributed by atoms with Crippen molar-refractivity contribution in [1.29, 1.82) is 0 Å². The van der Waals surface area contributed by atoms with E-state index in [0.717, 1.165) is 38.4 Å². The molecule has 0 saturated carbocycles. The van der Waals surface area contributed by atoms with Crippen LogP contribution in [0.4, 0.5) is 0 Å². The Morgan fingerprint density at radius 2 is 1.96 bits per heavy atom. The van der Waals surface area contributed by atoms with E-state index in [-0.39, 0.29) is 35.9 Å². The van der Waals surface area contributed by atoms with Crippen LogP contribution in [0.1, 0.15) is 49.8 Å². The number of likely N-dealkylation sites (tertiary alicyclic amines) is 1. The fraction of sp³-hybridized carbons (Fsp3) is 0.619. The van der Waals surface area contributed by atoms with Gasteiger partial charge in [0.1, 0.15) is 0 Å². The Bertz CT molecular complexity index is 655. The molecule has 1 aliphatic carbocycles. The minimum absolute atomic E-state index is 0. The Labute approximate surface area is 180 Å². The number of carbonyl (C=O) groups excluding carboxylic acids is 1. The number of piperidine rings is 1. The van der Waals surface area contributed by atoms with E-state index >= 15 is 0 Å². The maximum atomic E-state index is 11.9. The van der Waals surface area contributed by atoms with Crippen LogP contribution in [0.25, 0.3) is 0 Å². The summed E-state index contributed by atoms with van der Waals surface area (Å²) in [4.78, 5) is 19.0. The predicted octanol–water partition coefficient (Wildman–Crippen LogP) is 3.53. The second-order valence-electron chi connectivity index (χ2n) is 7.14. The van der Waals surface area contributed by atoms with Crippen LogP contribution >= 0.6 is 24.0 Å². The van der Waals surface area contributed by atoms with E-state index in [1.807, 2.05) is 6.92 Å². The van der Waals surface area contributed by atoms with Crippen molar-refractivity contribution in [3.63, 3.8) is 0 Å². The lowest BCUT2D eigenvalue weighted by Gasteiger charge is -2.33.